The minimum atomic E-state index is -1.19. The summed E-state index contributed by atoms with van der Waals surface area (Å²) in [5.41, 5.74) is 8.53. The topological polar surface area (TPSA) is 388 Å². The number of hydrogen-bond acceptors (Lipinski definition) is 22. The number of halogens is 13. The number of aromatic nitrogens is 4. The molecule has 115 heavy (non-hydrogen) atoms. The Morgan fingerprint density at radius 3 is 1.27 bits per heavy atom. The first-order chi connectivity index (χ1) is 48.7. The summed E-state index contributed by atoms with van der Waals surface area (Å²) in [5, 5.41) is 81.0. The predicted octanol–water partition coefficient (Wildman–Crippen LogP) is 9.50. The fourth-order valence-electron chi connectivity index (χ4n) is 8.32. The molecule has 1 aliphatic heterocycles. The molecule has 1 aliphatic rings. The molecule has 3 heterocycles. The average Bonchev–Trinajstić information content (AvgIpc) is 1.60. The molecule has 10 N–H and O–H groups in total. The average molecular weight is 2090 g/mol. The molecule has 7 aromatic rings. The summed E-state index contributed by atoms with van der Waals surface area (Å²) in [5.74, 6) is -3.86. The van der Waals surface area contributed by atoms with Crippen molar-refractivity contribution in [2.24, 2.45) is 5.73 Å². The number of benzene rings is 5. The van der Waals surface area contributed by atoms with Gasteiger partial charge in [0.25, 0.3) is 12.4 Å². The molecule has 0 bridgehead atoms. The molecule has 2 aromatic heterocycles. The van der Waals surface area contributed by atoms with Gasteiger partial charge in [-0.2, -0.15) is 13.2 Å². The number of nitrogens with zero attached hydrogens (tertiary/aromatic N) is 6. The molecule has 0 spiro atoms. The first-order valence-electron chi connectivity index (χ1n) is 31.5. The number of hydrogen-bond donors (Lipinski definition) is 8. The van der Waals surface area contributed by atoms with Crippen LogP contribution in [-0.2, 0) is 52.2 Å². The molecule has 0 unspecified atom stereocenters. The largest absolute Gasteiger partial charge is 1.00 e. The number of alkyl halides is 2. The van der Waals surface area contributed by atoms with Crippen molar-refractivity contribution < 1.29 is 251 Å². The quantitative estimate of drug-likeness (QED) is 0.00405. The first-order valence-corrected chi connectivity index (χ1v) is 36.5. The maximum atomic E-state index is 13.9. The molecule has 0 aliphatic carbocycles. The minimum Gasteiger partial charge on any atom is -1.00 e. The number of nitrogens with two attached hydrogens (primary N) is 2. The van der Waals surface area contributed by atoms with E-state index in [2.05, 4.69) is 124 Å². The number of aliphatic hydroxyl groups excluding tert-OH is 4. The van der Waals surface area contributed by atoms with Crippen LogP contribution in [0, 0.1) is 55.1 Å². The molecule has 42 heteroatoms. The van der Waals surface area contributed by atoms with E-state index in [0.717, 1.165) is 34.0 Å². The summed E-state index contributed by atoms with van der Waals surface area (Å²) < 4.78 is 107. The molecule has 26 nitrogen and oxygen atoms in total. The van der Waals surface area contributed by atoms with Gasteiger partial charge < -0.3 is 87.3 Å². The molecular formula is C73H116Br5Cl2F6K3N10O16. The van der Waals surface area contributed by atoms with Gasteiger partial charge in [0.05, 0.1) is 93.3 Å². The van der Waals surface area contributed by atoms with Crippen LogP contribution >= 0.6 is 103 Å². The van der Waals surface area contributed by atoms with Crippen molar-refractivity contribution in [1.82, 2.24) is 19.1 Å². The van der Waals surface area contributed by atoms with Gasteiger partial charge in [-0.25, -0.2) is 23.1 Å². The Hall–Kier alpha value is -0.261. The summed E-state index contributed by atoms with van der Waals surface area (Å²) >= 11 is 27.2. The van der Waals surface area contributed by atoms with E-state index in [0.29, 0.717) is 69.0 Å². The maximum absolute atomic E-state index is 13.9. The van der Waals surface area contributed by atoms with Gasteiger partial charge in [0, 0.05) is 47.7 Å². The SMILES string of the molecule is C.C.C.C.C.C.CC(C)(C)[O-].CC(C)(CO)Nc1cc(Br)cc(F)c1N.CC(C)(CO)Nc1cc(Br)cc(F)c1[N+](=O)[O-].CC(C)(CO)n1c(CCl)nc2c(F)cc(Br)cc21.CC(C)(N)CO.CC1(C)COCc2nc3c(F)cc(Br)cc3n21.CCOC(CCl)(OCC)OCC.O=CO[O-].O=[N+]([O-])c1c(F)cc(Br)cc1F.[H-].[K+].[K+].[K+]. The Labute approximate surface area is 855 Å². The molecule has 5 aromatic carbocycles. The van der Waals surface area contributed by atoms with Crippen molar-refractivity contribution in [3.05, 3.63) is 150 Å². The van der Waals surface area contributed by atoms with Crippen LogP contribution < -0.4 is 187 Å². The predicted molar refractivity (Wildman–Crippen MR) is 451 cm³/mol. The van der Waals surface area contributed by atoms with Crippen LogP contribution in [0.4, 0.5) is 54.8 Å². The molecule has 8 rings (SSSR count). The van der Waals surface area contributed by atoms with Crippen molar-refractivity contribution in [3.8, 4) is 0 Å². The number of carbonyl (C=O) groups is 1. The normalized spacial score (nSPS) is 11.4. The monoisotopic (exact) mass is 2080 g/mol. The number of fused-ring (bicyclic) bond motifs is 4. The van der Waals surface area contributed by atoms with Crippen LogP contribution in [0.2, 0.25) is 0 Å². The number of carbonyl (C=O) groups excluding carboxylic acids is 1. The van der Waals surface area contributed by atoms with Gasteiger partial charge in [-0.15, -0.1) is 28.8 Å². The number of nitro groups is 2. The summed E-state index contributed by atoms with van der Waals surface area (Å²) in [7, 11) is 0. The second kappa shape index (κ2) is 63.6. The van der Waals surface area contributed by atoms with E-state index in [1.165, 1.54) is 24.3 Å². The number of nitrogens with one attached hydrogen (secondary N) is 2. The Morgan fingerprint density at radius 1 is 0.600 bits per heavy atom. The van der Waals surface area contributed by atoms with Gasteiger partial charge in [0.1, 0.15) is 46.7 Å². The second-order valence-corrected chi connectivity index (χ2v) is 31.5. The zero-order valence-corrected chi connectivity index (χ0v) is 82.9. The number of ether oxygens (including phenoxy) is 4. The van der Waals surface area contributed by atoms with Crippen LogP contribution in [0.25, 0.3) is 22.1 Å². The number of nitrogen functional groups attached to an aromatic ring is 1. The maximum Gasteiger partial charge on any atom is 1.00 e. The Bertz CT molecular complexity index is 3940. The summed E-state index contributed by atoms with van der Waals surface area (Å²) in [6.07, 6.45) is 0. The number of imidazole rings is 2. The van der Waals surface area contributed by atoms with Gasteiger partial charge in [-0.1, -0.05) is 145 Å². The van der Waals surface area contributed by atoms with Gasteiger partial charge in [0.2, 0.25) is 17.5 Å². The zero-order valence-electron chi connectivity index (χ0n) is 65.1. The van der Waals surface area contributed by atoms with E-state index < -0.39 is 84.0 Å². The van der Waals surface area contributed by atoms with Crippen LogP contribution in [-0.4, -0.2) is 143 Å². The number of nitro benzene ring substituents is 2. The van der Waals surface area contributed by atoms with Gasteiger partial charge in [0.15, 0.2) is 11.6 Å². The molecule has 0 atom stereocenters. The smallest absolute Gasteiger partial charge is 1.00 e. The fourth-order valence-corrected chi connectivity index (χ4v) is 10.8. The molecule has 0 amide bonds. The van der Waals surface area contributed by atoms with Gasteiger partial charge in [-0.3, -0.25) is 25.0 Å². The van der Waals surface area contributed by atoms with Crippen molar-refractivity contribution in [2.75, 3.05) is 75.1 Å². The standard InChI is InChI=1S/C12H13BrClFN2O.C12H12BrFN2O.C10H12BrFN2O3.C10H14BrFN2O.C8H17ClO3.C6H2BrF2NO2.C4H11NO.C4H9O.CH2O3.6CH4.3K.H/c1-12(2,6-18)17-9-4-7(13)3-8(15)11(9)16-10(17)5-14;1-12(2)6-17-5-10-15-11-8(14)3-7(13)4-9(11)16(10)12;1-10(2,5-15)13-8-4-6(11)3-7(12)9(8)14(16)17;1-10(2,5-15)14-8-4-6(11)3-7(12)9(8)13;1-4-10-8(7-9,11-5-2)12-6-3;7-3-1-4(8)6(10(11)12)5(9)2-3;1-4(2,5)3-6;1-4(2,3)5;2-1-4-3;;;;;;;;;;/h3-4,18H,5-6H2,1-2H3;3-4H,5-6H2,1-2H3;3-4,13,15H,5H2,1-2H3;3-4,14-15H,5,13H2,1-2H3;4-7H2,1-3H3;1-2H;6H,3,5H2,1-2H3;1-3H3;1,3H;6*1H4;;;;/q;;;;;;;-1;;;;;;;;3*+1;-1/p-1. The molecule has 648 valence electrons. The van der Waals surface area contributed by atoms with E-state index in [1.807, 2.05) is 40.7 Å². The van der Waals surface area contributed by atoms with E-state index >= 15 is 0 Å². The van der Waals surface area contributed by atoms with Crippen LogP contribution in [0.15, 0.2) is 83.0 Å². The Morgan fingerprint density at radius 2 is 0.930 bits per heavy atom. The van der Waals surface area contributed by atoms with Crippen molar-refractivity contribution in [1.29, 1.82) is 0 Å². The summed E-state index contributed by atoms with van der Waals surface area (Å²) in [6, 6.07) is 13.6. The summed E-state index contributed by atoms with van der Waals surface area (Å²) in [4.78, 5) is 38.7. The fraction of sp³-hybridized carbons (Fsp3) is 0.548. The van der Waals surface area contributed by atoms with E-state index in [4.69, 9.17) is 79.0 Å². The van der Waals surface area contributed by atoms with Crippen molar-refractivity contribution >= 4 is 160 Å². The molecule has 0 saturated carbocycles. The van der Waals surface area contributed by atoms with Crippen molar-refractivity contribution in [2.45, 2.75) is 207 Å². The van der Waals surface area contributed by atoms with E-state index in [-0.39, 0.29) is 278 Å². The third-order valence-corrected chi connectivity index (χ3v) is 15.7. The molecule has 0 saturated heterocycles. The van der Waals surface area contributed by atoms with Crippen molar-refractivity contribution in [3.63, 3.8) is 0 Å². The van der Waals surface area contributed by atoms with Gasteiger partial charge in [-0.05, 0) is 151 Å². The second-order valence-electron chi connectivity index (χ2n) is 26.4. The number of aliphatic hydroxyl groups is 4. The van der Waals surface area contributed by atoms with E-state index in [1.54, 1.807) is 79.0 Å². The molecule has 0 fully saturated rings. The third-order valence-electron chi connectivity index (χ3n) is 12.8. The van der Waals surface area contributed by atoms with Gasteiger partial charge >= 0.3 is 166 Å². The van der Waals surface area contributed by atoms with Crippen LogP contribution in [0.3, 0.4) is 0 Å². The minimum absolute atomic E-state index is 0. The first kappa shape index (κ1) is 135. The Balaban J connectivity index is -0.000000121. The number of anilines is 3. The Kier molecular flexibility index (Phi) is 74.9. The zero-order chi connectivity index (χ0) is 82.4. The third kappa shape index (κ3) is 48.7. The van der Waals surface area contributed by atoms with Crippen LogP contribution in [0.5, 0.6) is 0 Å². The molecular weight excluding hydrogens is 1970 g/mol. The van der Waals surface area contributed by atoms with E-state index in [9.17, 15) is 56.8 Å². The molecule has 0 radical (unpaired) electrons. The van der Waals surface area contributed by atoms with Crippen LogP contribution in [0.1, 0.15) is 168 Å². The summed E-state index contributed by atoms with van der Waals surface area (Å²) in [6.45, 7) is 30.9. The number of rotatable bonds is 20.